The van der Waals surface area contributed by atoms with Gasteiger partial charge in [0.05, 0.1) is 22.2 Å². The minimum absolute atomic E-state index is 0.306. The Labute approximate surface area is 149 Å². The van der Waals surface area contributed by atoms with Crippen LogP contribution < -0.4 is 0 Å². The lowest BCUT2D eigenvalue weighted by Gasteiger charge is -2.19. The van der Waals surface area contributed by atoms with Gasteiger partial charge in [-0.2, -0.15) is 0 Å². The molecule has 7 heteroatoms. The van der Waals surface area contributed by atoms with E-state index in [4.69, 9.17) is 9.51 Å². The molecule has 136 valence electrons. The molecule has 0 amide bonds. The second-order valence-electron chi connectivity index (χ2n) is 7.02. The molecule has 0 unspecified atom stereocenters. The van der Waals surface area contributed by atoms with E-state index in [0.29, 0.717) is 19.0 Å². The summed E-state index contributed by atoms with van der Waals surface area (Å²) in [5.74, 6) is 1.07. The number of rotatable bonds is 5. The van der Waals surface area contributed by atoms with Crippen LogP contribution in [0.5, 0.6) is 0 Å². The summed E-state index contributed by atoms with van der Waals surface area (Å²) in [6.07, 6.45) is 1.66. The molecule has 3 heterocycles. The summed E-state index contributed by atoms with van der Waals surface area (Å²) in [7, 11) is -3.16. The zero-order chi connectivity index (χ0) is 18.2. The molecule has 0 aliphatic carbocycles. The van der Waals surface area contributed by atoms with Crippen LogP contribution in [0.15, 0.2) is 22.7 Å². The van der Waals surface area contributed by atoms with Crippen molar-refractivity contribution >= 4 is 10.0 Å². The van der Waals surface area contributed by atoms with E-state index < -0.39 is 10.0 Å². The van der Waals surface area contributed by atoms with Crippen molar-refractivity contribution in [1.82, 2.24) is 14.4 Å². The summed E-state index contributed by atoms with van der Waals surface area (Å²) < 4.78 is 31.5. The standard InChI is InChI=1S/C18H25N3O3S/c1-12(2)25(22,23)21-9-8-15(11-21)10-16-6-5-7-17(19-16)18-13(3)20-24-14(18)4/h5-7,12,15H,8-11H2,1-4H3/t15-/m0/s1. The van der Waals surface area contributed by atoms with Crippen LogP contribution in [-0.4, -0.2) is 41.2 Å². The fourth-order valence-corrected chi connectivity index (χ4v) is 4.74. The largest absolute Gasteiger partial charge is 0.361 e. The molecule has 25 heavy (non-hydrogen) atoms. The Morgan fingerprint density at radius 1 is 1.32 bits per heavy atom. The maximum atomic E-state index is 12.3. The highest BCUT2D eigenvalue weighted by Crippen LogP contribution is 2.27. The van der Waals surface area contributed by atoms with Crippen LogP contribution in [0.4, 0.5) is 0 Å². The third-order valence-electron chi connectivity index (χ3n) is 4.80. The highest BCUT2D eigenvalue weighted by Gasteiger charge is 2.33. The highest BCUT2D eigenvalue weighted by atomic mass is 32.2. The molecule has 0 bridgehead atoms. The number of hydrogen-bond acceptors (Lipinski definition) is 5. The fraction of sp³-hybridized carbons (Fsp3) is 0.556. The van der Waals surface area contributed by atoms with Gasteiger partial charge in [0.25, 0.3) is 0 Å². The Morgan fingerprint density at radius 3 is 2.72 bits per heavy atom. The molecule has 0 radical (unpaired) electrons. The van der Waals surface area contributed by atoms with Gasteiger partial charge < -0.3 is 4.52 Å². The molecule has 0 saturated carbocycles. The number of sulfonamides is 1. The summed E-state index contributed by atoms with van der Waals surface area (Å²) in [5, 5.41) is 3.62. The number of aryl methyl sites for hydroxylation is 2. The lowest BCUT2D eigenvalue weighted by molar-refractivity contribution is 0.393. The van der Waals surface area contributed by atoms with Gasteiger partial charge in [0.2, 0.25) is 10.0 Å². The van der Waals surface area contributed by atoms with Gasteiger partial charge in [0, 0.05) is 18.8 Å². The summed E-state index contributed by atoms with van der Waals surface area (Å²) in [6.45, 7) is 8.45. The second-order valence-corrected chi connectivity index (χ2v) is 9.51. The summed E-state index contributed by atoms with van der Waals surface area (Å²) in [4.78, 5) is 4.75. The first-order valence-electron chi connectivity index (χ1n) is 8.67. The molecule has 0 aromatic carbocycles. The minimum Gasteiger partial charge on any atom is -0.361 e. The van der Waals surface area contributed by atoms with Crippen LogP contribution in [0, 0.1) is 19.8 Å². The van der Waals surface area contributed by atoms with Gasteiger partial charge in [-0.25, -0.2) is 12.7 Å². The molecule has 0 N–H and O–H groups in total. The van der Waals surface area contributed by atoms with E-state index in [1.807, 2.05) is 32.0 Å². The van der Waals surface area contributed by atoms with Gasteiger partial charge in [-0.3, -0.25) is 4.98 Å². The van der Waals surface area contributed by atoms with Crippen LogP contribution in [0.1, 0.15) is 37.4 Å². The van der Waals surface area contributed by atoms with Gasteiger partial charge >= 0.3 is 0 Å². The normalized spacial score (nSPS) is 19.0. The van der Waals surface area contributed by atoms with Crippen LogP contribution in [0.2, 0.25) is 0 Å². The van der Waals surface area contributed by atoms with Gasteiger partial charge in [0.1, 0.15) is 5.76 Å². The fourth-order valence-electron chi connectivity index (χ4n) is 3.37. The molecular weight excluding hydrogens is 338 g/mol. The molecule has 1 fully saturated rings. The van der Waals surface area contributed by atoms with E-state index in [2.05, 4.69) is 5.16 Å². The van der Waals surface area contributed by atoms with Crippen molar-refractivity contribution in [3.05, 3.63) is 35.3 Å². The van der Waals surface area contributed by atoms with E-state index in [1.54, 1.807) is 18.2 Å². The van der Waals surface area contributed by atoms with Crippen molar-refractivity contribution in [2.75, 3.05) is 13.1 Å². The SMILES string of the molecule is Cc1noc(C)c1-c1cccc(C[C@@H]2CCN(S(=O)(=O)C(C)C)C2)n1. The quantitative estimate of drug-likeness (QED) is 0.816. The monoisotopic (exact) mass is 363 g/mol. The van der Waals surface area contributed by atoms with Crippen LogP contribution in [-0.2, 0) is 16.4 Å². The molecule has 0 spiro atoms. The summed E-state index contributed by atoms with van der Waals surface area (Å²) >= 11 is 0. The molecule has 6 nitrogen and oxygen atoms in total. The Kier molecular flexibility index (Phi) is 4.97. The summed E-state index contributed by atoms with van der Waals surface area (Å²) in [6, 6.07) is 5.95. The average molecular weight is 363 g/mol. The second kappa shape index (κ2) is 6.88. The Balaban J connectivity index is 1.74. The zero-order valence-corrected chi connectivity index (χ0v) is 16.0. The molecule has 1 aliphatic rings. The van der Waals surface area contributed by atoms with Crippen molar-refractivity contribution in [2.24, 2.45) is 5.92 Å². The van der Waals surface area contributed by atoms with Crippen LogP contribution >= 0.6 is 0 Å². The van der Waals surface area contributed by atoms with E-state index in [0.717, 1.165) is 41.2 Å². The van der Waals surface area contributed by atoms with Crippen molar-refractivity contribution in [1.29, 1.82) is 0 Å². The first-order chi connectivity index (χ1) is 11.8. The van der Waals surface area contributed by atoms with Gasteiger partial charge in [-0.05, 0) is 58.6 Å². The maximum absolute atomic E-state index is 12.3. The lowest BCUT2D eigenvalue weighted by atomic mass is 10.0. The molecule has 2 aromatic heterocycles. The average Bonchev–Trinajstić information content (AvgIpc) is 3.15. The molecule has 3 rings (SSSR count). The number of nitrogens with zero attached hydrogens (tertiary/aromatic N) is 3. The third-order valence-corrected chi connectivity index (χ3v) is 7.04. The molecule has 1 saturated heterocycles. The Bertz CT molecular complexity index is 839. The van der Waals surface area contributed by atoms with Gasteiger partial charge in [-0.1, -0.05) is 11.2 Å². The van der Waals surface area contributed by atoms with Crippen molar-refractivity contribution < 1.29 is 12.9 Å². The van der Waals surface area contributed by atoms with Gasteiger partial charge in [-0.15, -0.1) is 0 Å². The summed E-state index contributed by atoms with van der Waals surface area (Å²) in [5.41, 5.74) is 3.61. The minimum atomic E-state index is -3.16. The number of hydrogen-bond donors (Lipinski definition) is 0. The van der Waals surface area contributed by atoms with Crippen molar-refractivity contribution in [3.63, 3.8) is 0 Å². The molecular formula is C18H25N3O3S. The predicted octanol–water partition coefficient (Wildman–Crippen LogP) is 2.96. The molecule has 1 aliphatic heterocycles. The Hall–Kier alpha value is -1.73. The van der Waals surface area contributed by atoms with Crippen molar-refractivity contribution in [3.8, 4) is 11.3 Å². The van der Waals surface area contributed by atoms with Crippen LogP contribution in [0.3, 0.4) is 0 Å². The van der Waals surface area contributed by atoms with Gasteiger partial charge in [0.15, 0.2) is 0 Å². The smallest absolute Gasteiger partial charge is 0.216 e. The predicted molar refractivity (Wildman–Crippen MR) is 96.6 cm³/mol. The first-order valence-corrected chi connectivity index (χ1v) is 10.2. The van der Waals surface area contributed by atoms with Crippen LogP contribution in [0.25, 0.3) is 11.3 Å². The highest BCUT2D eigenvalue weighted by molar-refractivity contribution is 7.89. The van der Waals surface area contributed by atoms with Crippen molar-refractivity contribution in [2.45, 2.75) is 45.8 Å². The lowest BCUT2D eigenvalue weighted by Crippen LogP contribution is -2.34. The first kappa shape index (κ1) is 18.1. The zero-order valence-electron chi connectivity index (χ0n) is 15.2. The number of aromatic nitrogens is 2. The number of pyridine rings is 1. The van der Waals surface area contributed by atoms with E-state index in [9.17, 15) is 8.42 Å². The van der Waals surface area contributed by atoms with E-state index >= 15 is 0 Å². The topological polar surface area (TPSA) is 76.3 Å². The maximum Gasteiger partial charge on any atom is 0.216 e. The third kappa shape index (κ3) is 3.62. The Morgan fingerprint density at radius 2 is 2.08 bits per heavy atom. The van der Waals surface area contributed by atoms with E-state index in [1.165, 1.54) is 0 Å². The van der Waals surface area contributed by atoms with E-state index in [-0.39, 0.29) is 5.25 Å². The molecule has 1 atom stereocenters. The molecule has 2 aromatic rings.